The third kappa shape index (κ3) is 5.18. The first kappa shape index (κ1) is 13.4. The first-order chi connectivity index (χ1) is 6.65. The van der Waals surface area contributed by atoms with Crippen molar-refractivity contribution in [3.05, 3.63) is 33.8 Å². The molecular formula is C12H18BrN. The van der Waals surface area contributed by atoms with Crippen LogP contribution in [-0.2, 0) is 0 Å². The monoisotopic (exact) mass is 255 g/mol. The molecule has 78 valence electrons. The molecular weight excluding hydrogens is 238 g/mol. The van der Waals surface area contributed by atoms with E-state index >= 15 is 0 Å². The molecule has 0 heterocycles. The molecule has 0 amide bonds. The number of rotatable bonds is 2. The minimum absolute atomic E-state index is 0.975. The fraction of sp³-hybridized carbons (Fsp3) is 0.417. The van der Waals surface area contributed by atoms with Crippen molar-refractivity contribution in [2.75, 3.05) is 0 Å². The quantitative estimate of drug-likeness (QED) is 0.750. The van der Waals surface area contributed by atoms with E-state index in [2.05, 4.69) is 29.8 Å². The fourth-order valence-corrected chi connectivity index (χ4v) is 1.28. The number of hydrogen-bond donors (Lipinski definition) is 1. The van der Waals surface area contributed by atoms with Crippen LogP contribution in [-0.4, -0.2) is 6.21 Å². The Bertz CT molecular complexity index is 280. The maximum Gasteiger partial charge on any atom is 0.0252 e. The second-order valence-electron chi connectivity index (χ2n) is 3.15. The molecule has 1 aromatic carbocycles. The van der Waals surface area contributed by atoms with Gasteiger partial charge in [-0.25, -0.2) is 0 Å². The second-order valence-corrected chi connectivity index (χ2v) is 4.06. The Balaban J connectivity index is 0.000000364. The van der Waals surface area contributed by atoms with Gasteiger partial charge in [0.1, 0.15) is 0 Å². The number of unbranched alkanes of at least 4 members (excludes halogenated alkanes) is 1. The molecule has 1 nitrogen and oxygen atoms in total. The minimum atomic E-state index is 0.975. The molecule has 0 aliphatic rings. The smallest absolute Gasteiger partial charge is 0.0252 e. The van der Waals surface area contributed by atoms with E-state index in [0.717, 1.165) is 15.6 Å². The van der Waals surface area contributed by atoms with Gasteiger partial charge in [0.15, 0.2) is 0 Å². The molecule has 1 rings (SSSR count). The maximum atomic E-state index is 7.01. The molecule has 0 atom stereocenters. The third-order valence-electron chi connectivity index (χ3n) is 1.89. The van der Waals surface area contributed by atoms with Crippen molar-refractivity contribution in [1.82, 2.24) is 0 Å². The van der Waals surface area contributed by atoms with E-state index in [1.165, 1.54) is 19.1 Å². The van der Waals surface area contributed by atoms with Crippen LogP contribution < -0.4 is 0 Å². The highest BCUT2D eigenvalue weighted by molar-refractivity contribution is 9.10. The average molecular weight is 256 g/mol. The molecule has 0 aromatic heterocycles. The summed E-state index contributed by atoms with van der Waals surface area (Å²) in [5.74, 6) is 0. The van der Waals surface area contributed by atoms with Crippen LogP contribution in [0.15, 0.2) is 22.7 Å². The lowest BCUT2D eigenvalue weighted by Gasteiger charge is -1.97. The van der Waals surface area contributed by atoms with Gasteiger partial charge in [-0.1, -0.05) is 48.7 Å². The van der Waals surface area contributed by atoms with Crippen LogP contribution >= 0.6 is 15.9 Å². The molecule has 14 heavy (non-hydrogen) atoms. The number of halogens is 1. The lowest BCUT2D eigenvalue weighted by atomic mass is 10.1. The summed E-state index contributed by atoms with van der Waals surface area (Å²) in [6, 6.07) is 5.86. The third-order valence-corrected chi connectivity index (χ3v) is 2.38. The molecule has 0 saturated heterocycles. The lowest BCUT2D eigenvalue weighted by Crippen LogP contribution is -1.83. The standard InChI is InChI=1S/C8H8BrN.C4H10/c1-6-4-8(9)3-2-7(6)5-10;1-3-4-2/h2-5,10H,1H3;3-4H2,1-2H3. The summed E-state index contributed by atoms with van der Waals surface area (Å²) in [4.78, 5) is 0. The highest BCUT2D eigenvalue weighted by Crippen LogP contribution is 2.13. The van der Waals surface area contributed by atoms with E-state index in [1.54, 1.807) is 0 Å². The summed E-state index contributed by atoms with van der Waals surface area (Å²) in [6.07, 6.45) is 4.00. The zero-order valence-electron chi connectivity index (χ0n) is 9.10. The summed E-state index contributed by atoms with van der Waals surface area (Å²) in [7, 11) is 0. The molecule has 2 heteroatoms. The van der Waals surface area contributed by atoms with E-state index in [-0.39, 0.29) is 0 Å². The van der Waals surface area contributed by atoms with Crippen molar-refractivity contribution in [3.8, 4) is 0 Å². The Kier molecular flexibility index (Phi) is 7.40. The zero-order chi connectivity index (χ0) is 11.0. The van der Waals surface area contributed by atoms with Crippen LogP contribution in [0, 0.1) is 12.3 Å². The summed E-state index contributed by atoms with van der Waals surface area (Å²) < 4.78 is 1.07. The summed E-state index contributed by atoms with van der Waals surface area (Å²) in [6.45, 7) is 6.35. The predicted molar refractivity (Wildman–Crippen MR) is 67.3 cm³/mol. The van der Waals surface area contributed by atoms with Crippen LogP contribution in [0.2, 0.25) is 0 Å². The van der Waals surface area contributed by atoms with Gasteiger partial charge in [-0.2, -0.15) is 0 Å². The Morgan fingerprint density at radius 2 is 1.86 bits per heavy atom. The topological polar surface area (TPSA) is 23.9 Å². The Labute approximate surface area is 95.2 Å². The molecule has 0 aliphatic heterocycles. The summed E-state index contributed by atoms with van der Waals surface area (Å²) in [5, 5.41) is 7.01. The van der Waals surface area contributed by atoms with Crippen LogP contribution in [0.3, 0.4) is 0 Å². The van der Waals surface area contributed by atoms with Gasteiger partial charge in [0.25, 0.3) is 0 Å². The Morgan fingerprint density at radius 1 is 1.29 bits per heavy atom. The number of aryl methyl sites for hydroxylation is 1. The Hall–Kier alpha value is -0.630. The molecule has 0 aliphatic carbocycles. The first-order valence-corrected chi connectivity index (χ1v) is 5.71. The molecule has 0 fully saturated rings. The summed E-state index contributed by atoms with van der Waals surface area (Å²) >= 11 is 3.35. The van der Waals surface area contributed by atoms with E-state index < -0.39 is 0 Å². The SMILES string of the molecule is CCCC.Cc1cc(Br)ccc1C=N. The van der Waals surface area contributed by atoms with Crippen LogP contribution in [0.1, 0.15) is 37.8 Å². The predicted octanol–water partition coefficient (Wildman–Crippen LogP) is 4.56. The fourth-order valence-electron chi connectivity index (χ4n) is 0.801. The average Bonchev–Trinajstić information content (AvgIpc) is 2.18. The van der Waals surface area contributed by atoms with E-state index in [1.807, 2.05) is 25.1 Å². The highest BCUT2D eigenvalue weighted by Gasteiger charge is 1.93. The number of hydrogen-bond acceptors (Lipinski definition) is 1. The Morgan fingerprint density at radius 3 is 2.21 bits per heavy atom. The molecule has 0 bridgehead atoms. The molecule has 0 unspecified atom stereocenters. The molecule has 1 N–H and O–H groups in total. The van der Waals surface area contributed by atoms with Crippen molar-refractivity contribution in [2.45, 2.75) is 33.6 Å². The van der Waals surface area contributed by atoms with Crippen molar-refractivity contribution in [3.63, 3.8) is 0 Å². The minimum Gasteiger partial charge on any atom is -0.308 e. The van der Waals surface area contributed by atoms with Gasteiger partial charge >= 0.3 is 0 Å². The molecule has 0 radical (unpaired) electrons. The normalized spacial score (nSPS) is 8.86. The lowest BCUT2D eigenvalue weighted by molar-refractivity contribution is 0.886. The van der Waals surface area contributed by atoms with Gasteiger partial charge in [-0.05, 0) is 30.2 Å². The van der Waals surface area contributed by atoms with Crippen molar-refractivity contribution < 1.29 is 0 Å². The van der Waals surface area contributed by atoms with E-state index in [4.69, 9.17) is 5.41 Å². The van der Waals surface area contributed by atoms with Gasteiger partial charge in [0, 0.05) is 10.7 Å². The van der Waals surface area contributed by atoms with Crippen LogP contribution in [0.4, 0.5) is 0 Å². The largest absolute Gasteiger partial charge is 0.308 e. The van der Waals surface area contributed by atoms with Crippen LogP contribution in [0.25, 0.3) is 0 Å². The van der Waals surface area contributed by atoms with E-state index in [0.29, 0.717) is 0 Å². The first-order valence-electron chi connectivity index (χ1n) is 4.92. The highest BCUT2D eigenvalue weighted by atomic mass is 79.9. The maximum absolute atomic E-state index is 7.01. The molecule has 1 aromatic rings. The van der Waals surface area contributed by atoms with Crippen LogP contribution in [0.5, 0.6) is 0 Å². The van der Waals surface area contributed by atoms with Crippen molar-refractivity contribution in [2.24, 2.45) is 0 Å². The second kappa shape index (κ2) is 7.74. The van der Waals surface area contributed by atoms with Gasteiger partial charge in [0.2, 0.25) is 0 Å². The summed E-state index contributed by atoms with van der Waals surface area (Å²) in [5.41, 5.74) is 2.10. The number of nitrogens with one attached hydrogen (secondary N) is 1. The van der Waals surface area contributed by atoms with Crippen molar-refractivity contribution in [1.29, 1.82) is 5.41 Å². The van der Waals surface area contributed by atoms with Gasteiger partial charge in [-0.3, -0.25) is 0 Å². The van der Waals surface area contributed by atoms with Gasteiger partial charge < -0.3 is 5.41 Å². The molecule has 0 saturated carbocycles. The number of benzene rings is 1. The molecule has 0 spiro atoms. The van der Waals surface area contributed by atoms with Crippen molar-refractivity contribution >= 4 is 22.1 Å². The zero-order valence-corrected chi connectivity index (χ0v) is 10.7. The van der Waals surface area contributed by atoms with E-state index in [9.17, 15) is 0 Å². The van der Waals surface area contributed by atoms with Gasteiger partial charge in [-0.15, -0.1) is 0 Å². The van der Waals surface area contributed by atoms with Gasteiger partial charge in [0.05, 0.1) is 0 Å².